The molecule has 2 amide bonds. The van der Waals surface area contributed by atoms with Gasteiger partial charge in [-0.05, 0) is 6.92 Å². The smallest absolute Gasteiger partial charge is 0.267 e. The summed E-state index contributed by atoms with van der Waals surface area (Å²) in [7, 11) is 0. The molecular weight excluding hydrogens is 265 g/mol. The predicted molar refractivity (Wildman–Crippen MR) is 74.1 cm³/mol. The first-order valence-electron chi connectivity index (χ1n) is 6.93. The second-order valence-corrected chi connectivity index (χ2v) is 4.76. The van der Waals surface area contributed by atoms with Crippen LogP contribution in [0.3, 0.4) is 0 Å². The molecule has 0 bridgehead atoms. The Bertz CT molecular complexity index is 297. The average Bonchev–Trinajstić information content (AvgIpc) is 2.42. The van der Waals surface area contributed by atoms with Crippen LogP contribution >= 0.6 is 0 Å². The van der Waals surface area contributed by atoms with E-state index in [1.807, 2.05) is 0 Å². The van der Waals surface area contributed by atoms with E-state index >= 15 is 0 Å². The zero-order valence-corrected chi connectivity index (χ0v) is 11.9. The van der Waals surface area contributed by atoms with Gasteiger partial charge in [-0.1, -0.05) is 0 Å². The minimum absolute atomic E-state index is 0.285. The molecule has 8 heteroatoms. The van der Waals surface area contributed by atoms with Gasteiger partial charge in [-0.2, -0.15) is 0 Å². The molecule has 116 valence electrons. The van der Waals surface area contributed by atoms with Crippen molar-refractivity contribution < 1.29 is 14.0 Å². The van der Waals surface area contributed by atoms with E-state index in [1.54, 1.807) is 0 Å². The van der Waals surface area contributed by atoms with Gasteiger partial charge in [0, 0.05) is 52.4 Å². The van der Waals surface area contributed by atoms with Crippen molar-refractivity contribution in [3.63, 3.8) is 0 Å². The maximum Gasteiger partial charge on any atom is 0.267 e. The molecular formula is C12H24FN5O2. The summed E-state index contributed by atoms with van der Waals surface area (Å²) in [6.07, 6.45) is 0. The molecule has 1 aliphatic rings. The highest BCUT2D eigenvalue weighted by Gasteiger charge is 2.40. The zero-order valence-electron chi connectivity index (χ0n) is 11.9. The van der Waals surface area contributed by atoms with Gasteiger partial charge in [0.2, 0.25) is 0 Å². The third kappa shape index (κ3) is 5.81. The molecule has 7 nitrogen and oxygen atoms in total. The quantitative estimate of drug-likeness (QED) is 0.324. The lowest BCUT2D eigenvalue weighted by Gasteiger charge is -2.19. The van der Waals surface area contributed by atoms with Gasteiger partial charge in [-0.15, -0.1) is 0 Å². The molecule has 1 heterocycles. The van der Waals surface area contributed by atoms with Crippen molar-refractivity contribution in [1.82, 2.24) is 26.6 Å². The Labute approximate surface area is 118 Å². The SMILES string of the molecule is CC1(F)C(=O)NCCNCCNCCNCCNC1=O. The van der Waals surface area contributed by atoms with Crippen LogP contribution in [-0.4, -0.2) is 69.8 Å². The summed E-state index contributed by atoms with van der Waals surface area (Å²) in [4.78, 5) is 23.3. The fraction of sp³-hybridized carbons (Fsp3) is 0.833. The predicted octanol–water partition coefficient (Wildman–Crippen LogP) is -2.27. The third-order valence-electron chi connectivity index (χ3n) is 2.98. The van der Waals surface area contributed by atoms with Crippen molar-refractivity contribution in [2.75, 3.05) is 52.4 Å². The Balaban J connectivity index is 2.47. The van der Waals surface area contributed by atoms with E-state index in [4.69, 9.17) is 0 Å². The van der Waals surface area contributed by atoms with Crippen LogP contribution in [0.2, 0.25) is 0 Å². The number of hydrogen-bond acceptors (Lipinski definition) is 5. The molecule has 0 atom stereocenters. The van der Waals surface area contributed by atoms with Crippen LogP contribution in [0.25, 0.3) is 0 Å². The Morgan fingerprint density at radius 1 is 0.750 bits per heavy atom. The Morgan fingerprint density at radius 2 is 1.05 bits per heavy atom. The second-order valence-electron chi connectivity index (χ2n) is 4.76. The van der Waals surface area contributed by atoms with E-state index < -0.39 is 17.5 Å². The van der Waals surface area contributed by atoms with Crippen molar-refractivity contribution in [2.45, 2.75) is 12.6 Å². The van der Waals surface area contributed by atoms with Gasteiger partial charge in [0.05, 0.1) is 0 Å². The van der Waals surface area contributed by atoms with Crippen molar-refractivity contribution in [3.8, 4) is 0 Å². The van der Waals surface area contributed by atoms with Crippen LogP contribution in [0.15, 0.2) is 0 Å². The maximum absolute atomic E-state index is 14.1. The topological polar surface area (TPSA) is 94.3 Å². The largest absolute Gasteiger partial charge is 0.352 e. The van der Waals surface area contributed by atoms with Gasteiger partial charge in [-0.25, -0.2) is 4.39 Å². The highest BCUT2D eigenvalue weighted by molar-refractivity contribution is 6.07. The van der Waals surface area contributed by atoms with E-state index in [2.05, 4.69) is 26.6 Å². The number of rotatable bonds is 0. The molecule has 0 unspecified atom stereocenters. The molecule has 1 rings (SSSR count). The van der Waals surface area contributed by atoms with Gasteiger partial charge in [0.25, 0.3) is 17.5 Å². The summed E-state index contributed by atoms with van der Waals surface area (Å²) in [5, 5.41) is 14.3. The standard InChI is InChI=1S/C12H24FN5O2/c1-12(13)10(19)17-8-6-15-4-2-14-3-5-16-7-9-18-11(12)20/h14-16H,2-9H2,1H3,(H,17,19)(H,18,20). The van der Waals surface area contributed by atoms with Gasteiger partial charge < -0.3 is 26.6 Å². The first kappa shape index (κ1) is 16.8. The second kappa shape index (κ2) is 8.83. The van der Waals surface area contributed by atoms with Gasteiger partial charge in [0.1, 0.15) is 0 Å². The summed E-state index contributed by atoms with van der Waals surface area (Å²) in [6, 6.07) is 0. The van der Waals surface area contributed by atoms with E-state index in [1.165, 1.54) is 0 Å². The number of nitrogens with one attached hydrogen (secondary N) is 5. The number of carbonyl (C=O) groups is 2. The first-order valence-corrected chi connectivity index (χ1v) is 6.93. The lowest BCUT2D eigenvalue weighted by molar-refractivity contribution is -0.144. The lowest BCUT2D eigenvalue weighted by Crippen LogP contribution is -2.54. The van der Waals surface area contributed by atoms with Crippen LogP contribution in [0.5, 0.6) is 0 Å². The van der Waals surface area contributed by atoms with Crippen molar-refractivity contribution in [1.29, 1.82) is 0 Å². The van der Waals surface area contributed by atoms with Crippen LogP contribution in [-0.2, 0) is 9.59 Å². The fourth-order valence-corrected chi connectivity index (χ4v) is 1.69. The molecule has 0 aliphatic carbocycles. The number of alkyl halides is 1. The summed E-state index contributed by atoms with van der Waals surface area (Å²) in [6.45, 7) is 5.80. The highest BCUT2D eigenvalue weighted by Crippen LogP contribution is 2.09. The molecule has 0 radical (unpaired) electrons. The summed E-state index contributed by atoms with van der Waals surface area (Å²) < 4.78 is 14.1. The number of carbonyl (C=O) groups excluding carboxylic acids is 2. The average molecular weight is 289 g/mol. The Morgan fingerprint density at radius 3 is 1.40 bits per heavy atom. The van der Waals surface area contributed by atoms with E-state index in [0.29, 0.717) is 13.1 Å². The molecule has 1 saturated heterocycles. The van der Waals surface area contributed by atoms with Crippen molar-refractivity contribution in [2.24, 2.45) is 0 Å². The minimum Gasteiger partial charge on any atom is -0.352 e. The molecule has 0 saturated carbocycles. The normalized spacial score (nSPS) is 23.7. The summed E-state index contributed by atoms with van der Waals surface area (Å²) in [5.41, 5.74) is -2.54. The third-order valence-corrected chi connectivity index (χ3v) is 2.98. The van der Waals surface area contributed by atoms with Gasteiger partial charge >= 0.3 is 0 Å². The minimum atomic E-state index is -2.54. The molecule has 0 aromatic carbocycles. The monoisotopic (exact) mass is 289 g/mol. The zero-order chi connectivity index (χ0) is 14.8. The highest BCUT2D eigenvalue weighted by atomic mass is 19.1. The number of amides is 2. The van der Waals surface area contributed by atoms with Crippen molar-refractivity contribution >= 4 is 11.8 Å². The molecule has 0 spiro atoms. The molecule has 20 heavy (non-hydrogen) atoms. The van der Waals surface area contributed by atoms with Gasteiger partial charge in [0.15, 0.2) is 0 Å². The lowest BCUT2D eigenvalue weighted by atomic mass is 10.1. The van der Waals surface area contributed by atoms with Gasteiger partial charge in [-0.3, -0.25) is 9.59 Å². The maximum atomic E-state index is 14.1. The van der Waals surface area contributed by atoms with Crippen molar-refractivity contribution in [3.05, 3.63) is 0 Å². The van der Waals surface area contributed by atoms with Crippen LogP contribution in [0, 0.1) is 0 Å². The number of halogens is 1. The van der Waals surface area contributed by atoms with E-state index in [0.717, 1.165) is 33.1 Å². The van der Waals surface area contributed by atoms with Crippen LogP contribution in [0.4, 0.5) is 4.39 Å². The summed E-state index contributed by atoms with van der Waals surface area (Å²) >= 11 is 0. The van der Waals surface area contributed by atoms with E-state index in [-0.39, 0.29) is 13.1 Å². The molecule has 5 N–H and O–H groups in total. The van der Waals surface area contributed by atoms with Crippen LogP contribution < -0.4 is 26.6 Å². The van der Waals surface area contributed by atoms with Crippen LogP contribution in [0.1, 0.15) is 6.92 Å². The van der Waals surface area contributed by atoms with E-state index in [9.17, 15) is 14.0 Å². The molecule has 1 aliphatic heterocycles. The molecule has 1 fully saturated rings. The summed E-state index contributed by atoms with van der Waals surface area (Å²) in [5.74, 6) is -1.81. The Kier molecular flexibility index (Phi) is 7.42. The fourth-order valence-electron chi connectivity index (χ4n) is 1.69. The number of hydrogen-bond donors (Lipinski definition) is 5. The first-order chi connectivity index (χ1) is 9.55. The molecule has 0 aromatic heterocycles. The Hall–Kier alpha value is -1.25. The molecule has 0 aromatic rings.